The highest BCUT2D eigenvalue weighted by Crippen LogP contribution is 2.46. The zero-order valence-electron chi connectivity index (χ0n) is 14.8. The third-order valence-corrected chi connectivity index (χ3v) is 4.92. The third kappa shape index (κ3) is 2.55. The maximum absolute atomic E-state index is 14.4. The predicted octanol–water partition coefficient (Wildman–Crippen LogP) is 4.29. The van der Waals surface area contributed by atoms with Crippen molar-refractivity contribution in [3.63, 3.8) is 0 Å². The third-order valence-electron chi connectivity index (χ3n) is 4.92. The molecule has 128 valence electrons. The summed E-state index contributed by atoms with van der Waals surface area (Å²) < 4.78 is 20.0. The van der Waals surface area contributed by atoms with E-state index in [9.17, 15) is 4.39 Å². The van der Waals surface area contributed by atoms with E-state index in [0.29, 0.717) is 24.7 Å². The summed E-state index contributed by atoms with van der Waals surface area (Å²) >= 11 is 0. The van der Waals surface area contributed by atoms with Gasteiger partial charge >= 0.3 is 0 Å². The van der Waals surface area contributed by atoms with Gasteiger partial charge in [-0.25, -0.2) is 4.39 Å². The van der Waals surface area contributed by atoms with Gasteiger partial charge in [-0.3, -0.25) is 0 Å². The molecule has 1 unspecified atom stereocenters. The number of methoxy groups -OCH3 is 1. The number of nitrogens with two attached hydrogens (primary N) is 1. The molecule has 4 heteroatoms. The van der Waals surface area contributed by atoms with Crippen LogP contribution in [-0.4, -0.2) is 13.7 Å². The Hall–Kier alpha value is -2.07. The number of aryl methyl sites for hydroxylation is 1. The Morgan fingerprint density at radius 1 is 1.33 bits per heavy atom. The highest BCUT2D eigenvalue weighted by atomic mass is 19.1. The van der Waals surface area contributed by atoms with Crippen LogP contribution in [0.2, 0.25) is 0 Å². The SMILES string of the molecule is COc1cc(C)c2c(c1C(C)C)C(CN)N(c1ccccc1F)C2. The number of anilines is 1. The van der Waals surface area contributed by atoms with E-state index in [4.69, 9.17) is 10.5 Å². The summed E-state index contributed by atoms with van der Waals surface area (Å²) in [5.74, 6) is 0.999. The lowest BCUT2D eigenvalue weighted by Crippen LogP contribution is -2.29. The van der Waals surface area contributed by atoms with E-state index in [1.165, 1.54) is 28.3 Å². The first-order valence-corrected chi connectivity index (χ1v) is 8.41. The molecule has 1 aliphatic heterocycles. The Morgan fingerprint density at radius 2 is 2.04 bits per heavy atom. The Morgan fingerprint density at radius 3 is 2.62 bits per heavy atom. The molecular formula is C20H25FN2O. The normalized spacial score (nSPS) is 16.6. The second-order valence-electron chi connectivity index (χ2n) is 6.69. The van der Waals surface area contributed by atoms with Crippen molar-refractivity contribution in [2.24, 2.45) is 5.73 Å². The standard InChI is InChI=1S/C20H25FN2O/c1-12(2)19-18(24-4)9-13(3)14-11-23(17(10-22)20(14)19)16-8-6-5-7-15(16)21/h5-9,12,17H,10-11,22H2,1-4H3. The topological polar surface area (TPSA) is 38.5 Å². The van der Waals surface area contributed by atoms with Gasteiger partial charge in [0.1, 0.15) is 11.6 Å². The van der Waals surface area contributed by atoms with E-state index in [1.54, 1.807) is 13.2 Å². The maximum Gasteiger partial charge on any atom is 0.146 e. The van der Waals surface area contributed by atoms with Gasteiger partial charge in [0.25, 0.3) is 0 Å². The van der Waals surface area contributed by atoms with Crippen LogP contribution < -0.4 is 15.4 Å². The van der Waals surface area contributed by atoms with Crippen LogP contribution >= 0.6 is 0 Å². The van der Waals surface area contributed by atoms with E-state index >= 15 is 0 Å². The molecule has 2 aromatic carbocycles. The molecule has 2 aromatic rings. The van der Waals surface area contributed by atoms with E-state index in [0.717, 1.165) is 5.75 Å². The molecule has 0 saturated heterocycles. The fraction of sp³-hybridized carbons (Fsp3) is 0.400. The van der Waals surface area contributed by atoms with Gasteiger partial charge in [-0.1, -0.05) is 26.0 Å². The van der Waals surface area contributed by atoms with Gasteiger partial charge in [0.2, 0.25) is 0 Å². The number of halogens is 1. The number of hydrogen-bond donors (Lipinski definition) is 1. The van der Waals surface area contributed by atoms with Crippen LogP contribution in [0.15, 0.2) is 30.3 Å². The predicted molar refractivity (Wildman–Crippen MR) is 96.2 cm³/mol. The number of nitrogens with zero attached hydrogens (tertiary/aromatic N) is 1. The minimum Gasteiger partial charge on any atom is -0.496 e. The molecule has 0 spiro atoms. The van der Waals surface area contributed by atoms with Crippen molar-refractivity contribution >= 4 is 5.69 Å². The molecular weight excluding hydrogens is 303 g/mol. The molecule has 0 radical (unpaired) electrons. The Balaban J connectivity index is 2.20. The van der Waals surface area contributed by atoms with Gasteiger partial charge in [0.15, 0.2) is 0 Å². The zero-order valence-corrected chi connectivity index (χ0v) is 14.8. The summed E-state index contributed by atoms with van der Waals surface area (Å²) in [6.45, 7) is 7.52. The highest BCUT2D eigenvalue weighted by molar-refractivity contribution is 5.62. The fourth-order valence-corrected chi connectivity index (χ4v) is 3.84. The average Bonchev–Trinajstić information content (AvgIpc) is 2.94. The molecule has 3 nitrogen and oxygen atoms in total. The van der Waals surface area contributed by atoms with Gasteiger partial charge in [0, 0.05) is 18.7 Å². The quantitative estimate of drug-likeness (QED) is 0.910. The molecule has 1 aliphatic rings. The summed E-state index contributed by atoms with van der Waals surface area (Å²) in [6, 6.07) is 8.96. The summed E-state index contributed by atoms with van der Waals surface area (Å²) in [4.78, 5) is 2.08. The van der Waals surface area contributed by atoms with E-state index < -0.39 is 0 Å². The first-order valence-electron chi connectivity index (χ1n) is 8.41. The van der Waals surface area contributed by atoms with Gasteiger partial charge in [-0.2, -0.15) is 0 Å². The zero-order chi connectivity index (χ0) is 17.4. The van der Waals surface area contributed by atoms with Gasteiger partial charge in [-0.15, -0.1) is 0 Å². The first kappa shape index (κ1) is 16.8. The molecule has 1 heterocycles. The minimum atomic E-state index is -0.209. The first-order chi connectivity index (χ1) is 11.5. The Bertz CT molecular complexity index is 758. The smallest absolute Gasteiger partial charge is 0.146 e. The van der Waals surface area contributed by atoms with Crippen molar-refractivity contribution < 1.29 is 9.13 Å². The van der Waals surface area contributed by atoms with Crippen molar-refractivity contribution in [3.05, 3.63) is 58.4 Å². The number of ether oxygens (including phenoxy) is 1. The monoisotopic (exact) mass is 328 g/mol. The molecule has 0 amide bonds. The number of hydrogen-bond acceptors (Lipinski definition) is 3. The molecule has 3 rings (SSSR count). The number of rotatable bonds is 4. The molecule has 24 heavy (non-hydrogen) atoms. The van der Waals surface area contributed by atoms with Crippen molar-refractivity contribution in [1.82, 2.24) is 0 Å². The lowest BCUT2D eigenvalue weighted by atomic mass is 9.88. The van der Waals surface area contributed by atoms with Crippen LogP contribution in [0.4, 0.5) is 10.1 Å². The number of benzene rings is 2. The van der Waals surface area contributed by atoms with Crippen LogP contribution in [0.25, 0.3) is 0 Å². The molecule has 1 atom stereocenters. The van der Waals surface area contributed by atoms with E-state index in [1.807, 2.05) is 12.1 Å². The average molecular weight is 328 g/mol. The van der Waals surface area contributed by atoms with Crippen LogP contribution in [0.3, 0.4) is 0 Å². The van der Waals surface area contributed by atoms with Crippen molar-refractivity contribution in [1.29, 1.82) is 0 Å². The Labute approximate surface area is 143 Å². The van der Waals surface area contributed by atoms with E-state index in [-0.39, 0.29) is 11.9 Å². The maximum atomic E-state index is 14.4. The van der Waals surface area contributed by atoms with Crippen LogP contribution in [0, 0.1) is 12.7 Å². The van der Waals surface area contributed by atoms with Crippen LogP contribution in [0.1, 0.15) is 48.1 Å². The molecule has 0 bridgehead atoms. The lowest BCUT2D eigenvalue weighted by molar-refractivity contribution is 0.406. The van der Waals surface area contributed by atoms with E-state index in [2.05, 4.69) is 31.7 Å². The Kier molecular flexibility index (Phi) is 4.50. The summed E-state index contributed by atoms with van der Waals surface area (Å²) in [7, 11) is 1.70. The van der Waals surface area contributed by atoms with Crippen molar-refractivity contribution in [3.8, 4) is 5.75 Å². The molecule has 0 aliphatic carbocycles. The highest BCUT2D eigenvalue weighted by Gasteiger charge is 2.35. The molecule has 0 saturated carbocycles. The van der Waals surface area contributed by atoms with Crippen LogP contribution in [0.5, 0.6) is 5.75 Å². The summed E-state index contributed by atoms with van der Waals surface area (Å²) in [5, 5.41) is 0. The summed E-state index contributed by atoms with van der Waals surface area (Å²) in [6.07, 6.45) is 0. The largest absolute Gasteiger partial charge is 0.496 e. The number of para-hydroxylation sites is 1. The van der Waals surface area contributed by atoms with Gasteiger partial charge in [-0.05, 0) is 47.7 Å². The lowest BCUT2D eigenvalue weighted by Gasteiger charge is -2.28. The van der Waals surface area contributed by atoms with Crippen molar-refractivity contribution in [2.75, 3.05) is 18.6 Å². The molecule has 2 N–H and O–H groups in total. The van der Waals surface area contributed by atoms with Crippen LogP contribution in [-0.2, 0) is 6.54 Å². The minimum absolute atomic E-state index is 0.0388. The second-order valence-corrected chi connectivity index (χ2v) is 6.69. The fourth-order valence-electron chi connectivity index (χ4n) is 3.84. The van der Waals surface area contributed by atoms with Gasteiger partial charge in [0.05, 0.1) is 18.8 Å². The summed E-state index contributed by atoms with van der Waals surface area (Å²) in [5.41, 5.74) is 11.6. The van der Waals surface area contributed by atoms with Gasteiger partial charge < -0.3 is 15.4 Å². The molecule has 0 fully saturated rings. The van der Waals surface area contributed by atoms with Crippen molar-refractivity contribution in [2.45, 2.75) is 39.3 Å². The second kappa shape index (κ2) is 6.44. The molecule has 0 aromatic heterocycles. The number of fused-ring (bicyclic) bond motifs is 1.